The maximum Gasteiger partial charge on any atom is 0.338 e. The Morgan fingerprint density at radius 3 is 2.17 bits per heavy atom. The van der Waals surface area contributed by atoms with Crippen LogP contribution in [0.4, 0.5) is 0 Å². The van der Waals surface area contributed by atoms with E-state index in [1.54, 1.807) is 24.3 Å². The SMILES string of the molecule is CCOc1ccc(OCCNC(=O)COC(=O)c2ccc(-n3cccc3)cc2)cc1. The fourth-order valence-electron chi connectivity index (χ4n) is 2.70. The minimum absolute atomic E-state index is 0.300. The maximum absolute atomic E-state index is 12.1. The van der Waals surface area contributed by atoms with E-state index in [0.29, 0.717) is 31.1 Å². The molecule has 7 nitrogen and oxygen atoms in total. The van der Waals surface area contributed by atoms with Crippen molar-refractivity contribution in [1.29, 1.82) is 0 Å². The van der Waals surface area contributed by atoms with Crippen LogP contribution in [0.1, 0.15) is 17.3 Å². The van der Waals surface area contributed by atoms with Gasteiger partial charge in [0.1, 0.15) is 18.1 Å². The summed E-state index contributed by atoms with van der Waals surface area (Å²) in [6, 6.07) is 18.1. The van der Waals surface area contributed by atoms with Crippen LogP contribution in [0.3, 0.4) is 0 Å². The molecule has 0 aliphatic heterocycles. The Morgan fingerprint density at radius 1 is 0.900 bits per heavy atom. The predicted octanol–water partition coefficient (Wildman–Crippen LogP) is 3.23. The van der Waals surface area contributed by atoms with Gasteiger partial charge in [-0.05, 0) is 67.6 Å². The van der Waals surface area contributed by atoms with E-state index >= 15 is 0 Å². The zero-order chi connectivity index (χ0) is 21.2. The van der Waals surface area contributed by atoms with E-state index in [-0.39, 0.29) is 12.5 Å². The third kappa shape index (κ3) is 6.13. The van der Waals surface area contributed by atoms with Crippen LogP contribution >= 0.6 is 0 Å². The summed E-state index contributed by atoms with van der Waals surface area (Å²) in [6.07, 6.45) is 3.83. The lowest BCUT2D eigenvalue weighted by atomic mass is 10.2. The molecule has 0 saturated heterocycles. The molecule has 2 aromatic carbocycles. The monoisotopic (exact) mass is 408 g/mol. The molecule has 3 aromatic rings. The van der Waals surface area contributed by atoms with Gasteiger partial charge in [0.15, 0.2) is 6.61 Å². The molecule has 156 valence electrons. The van der Waals surface area contributed by atoms with E-state index in [1.807, 2.05) is 60.3 Å². The lowest BCUT2D eigenvalue weighted by Crippen LogP contribution is -2.32. The standard InChI is InChI=1S/C23H24N2O5/c1-2-28-20-9-11-21(12-10-20)29-16-13-24-22(26)17-30-23(27)18-5-7-19(8-6-18)25-14-3-4-15-25/h3-12,14-15H,2,13,16-17H2,1H3,(H,24,26). The van der Waals surface area contributed by atoms with Crippen molar-refractivity contribution in [2.24, 2.45) is 0 Å². The normalized spacial score (nSPS) is 10.3. The molecule has 0 spiro atoms. The molecule has 1 amide bonds. The highest BCUT2D eigenvalue weighted by atomic mass is 16.5. The average Bonchev–Trinajstić information content (AvgIpc) is 3.31. The number of amides is 1. The average molecular weight is 408 g/mol. The molecule has 0 aliphatic rings. The predicted molar refractivity (Wildman–Crippen MR) is 112 cm³/mol. The van der Waals surface area contributed by atoms with Crippen LogP contribution in [0.15, 0.2) is 73.1 Å². The molecule has 0 radical (unpaired) electrons. The summed E-state index contributed by atoms with van der Waals surface area (Å²) >= 11 is 0. The molecule has 1 aromatic heterocycles. The van der Waals surface area contributed by atoms with Crippen molar-refractivity contribution >= 4 is 11.9 Å². The molecule has 0 unspecified atom stereocenters. The molecular formula is C23H24N2O5. The van der Waals surface area contributed by atoms with Crippen molar-refractivity contribution < 1.29 is 23.8 Å². The first-order valence-corrected chi connectivity index (χ1v) is 9.68. The molecule has 30 heavy (non-hydrogen) atoms. The number of carbonyl (C=O) groups excluding carboxylic acids is 2. The van der Waals surface area contributed by atoms with Gasteiger partial charge >= 0.3 is 5.97 Å². The minimum atomic E-state index is -0.546. The minimum Gasteiger partial charge on any atom is -0.494 e. The lowest BCUT2D eigenvalue weighted by Gasteiger charge is -2.09. The highest BCUT2D eigenvalue weighted by Gasteiger charge is 2.10. The second-order valence-electron chi connectivity index (χ2n) is 6.32. The van der Waals surface area contributed by atoms with Crippen molar-refractivity contribution in [2.75, 3.05) is 26.4 Å². The van der Waals surface area contributed by atoms with Crippen molar-refractivity contribution in [1.82, 2.24) is 9.88 Å². The Kier molecular flexibility index (Phi) is 7.49. The molecule has 7 heteroatoms. The van der Waals surface area contributed by atoms with Gasteiger partial charge in [-0.1, -0.05) is 0 Å². The number of ether oxygens (including phenoxy) is 3. The van der Waals surface area contributed by atoms with E-state index in [4.69, 9.17) is 14.2 Å². The van der Waals surface area contributed by atoms with Crippen LogP contribution in [0.25, 0.3) is 5.69 Å². The smallest absolute Gasteiger partial charge is 0.338 e. The van der Waals surface area contributed by atoms with Crippen LogP contribution < -0.4 is 14.8 Å². The summed E-state index contributed by atoms with van der Waals surface area (Å²) in [5.41, 5.74) is 1.32. The van der Waals surface area contributed by atoms with E-state index < -0.39 is 5.97 Å². The fourth-order valence-corrected chi connectivity index (χ4v) is 2.70. The number of hydrogen-bond donors (Lipinski definition) is 1. The van der Waals surface area contributed by atoms with Gasteiger partial charge in [0.2, 0.25) is 0 Å². The molecule has 0 atom stereocenters. The zero-order valence-corrected chi connectivity index (χ0v) is 16.7. The topological polar surface area (TPSA) is 78.8 Å². The van der Waals surface area contributed by atoms with Gasteiger partial charge in [-0.3, -0.25) is 4.79 Å². The maximum atomic E-state index is 12.1. The second-order valence-corrected chi connectivity index (χ2v) is 6.32. The van der Waals surface area contributed by atoms with Crippen molar-refractivity contribution in [2.45, 2.75) is 6.92 Å². The molecule has 0 fully saturated rings. The Bertz CT molecular complexity index is 935. The summed E-state index contributed by atoms with van der Waals surface area (Å²) in [5.74, 6) is 0.527. The first kappa shape index (κ1) is 21.0. The Balaban J connectivity index is 1.34. The summed E-state index contributed by atoms with van der Waals surface area (Å²) < 4.78 is 17.9. The van der Waals surface area contributed by atoms with Gasteiger partial charge in [0.25, 0.3) is 5.91 Å². The Hall–Kier alpha value is -3.74. The molecule has 1 heterocycles. The number of nitrogens with zero attached hydrogens (tertiary/aromatic N) is 1. The molecule has 0 bridgehead atoms. The number of carbonyl (C=O) groups is 2. The van der Waals surface area contributed by atoms with E-state index in [1.165, 1.54) is 0 Å². The van der Waals surface area contributed by atoms with Crippen LogP contribution in [-0.2, 0) is 9.53 Å². The first-order valence-electron chi connectivity index (χ1n) is 9.68. The van der Waals surface area contributed by atoms with Crippen LogP contribution in [0, 0.1) is 0 Å². The van der Waals surface area contributed by atoms with Crippen LogP contribution in [-0.4, -0.2) is 42.8 Å². The van der Waals surface area contributed by atoms with E-state index in [2.05, 4.69) is 5.32 Å². The van der Waals surface area contributed by atoms with Crippen molar-refractivity contribution in [3.63, 3.8) is 0 Å². The number of hydrogen-bond acceptors (Lipinski definition) is 5. The van der Waals surface area contributed by atoms with Crippen molar-refractivity contribution in [3.05, 3.63) is 78.6 Å². The highest BCUT2D eigenvalue weighted by molar-refractivity contribution is 5.91. The van der Waals surface area contributed by atoms with Crippen LogP contribution in [0.5, 0.6) is 11.5 Å². The lowest BCUT2D eigenvalue weighted by molar-refractivity contribution is -0.124. The third-order valence-electron chi connectivity index (χ3n) is 4.17. The quantitative estimate of drug-likeness (QED) is 0.412. The summed E-state index contributed by atoms with van der Waals surface area (Å²) in [5, 5.41) is 2.65. The highest BCUT2D eigenvalue weighted by Crippen LogP contribution is 2.17. The van der Waals surface area contributed by atoms with E-state index in [0.717, 1.165) is 11.4 Å². The van der Waals surface area contributed by atoms with Gasteiger partial charge in [0, 0.05) is 18.1 Å². The second kappa shape index (κ2) is 10.7. The van der Waals surface area contributed by atoms with Gasteiger partial charge in [-0.25, -0.2) is 4.79 Å². The third-order valence-corrected chi connectivity index (χ3v) is 4.17. The van der Waals surface area contributed by atoms with Gasteiger partial charge in [0.05, 0.1) is 18.7 Å². The largest absolute Gasteiger partial charge is 0.494 e. The van der Waals surface area contributed by atoms with E-state index in [9.17, 15) is 9.59 Å². The summed E-state index contributed by atoms with van der Waals surface area (Å²) in [4.78, 5) is 23.9. The van der Waals surface area contributed by atoms with Gasteiger partial charge in [-0.2, -0.15) is 0 Å². The molecular weight excluding hydrogens is 384 g/mol. The summed E-state index contributed by atoms with van der Waals surface area (Å²) in [6.45, 7) is 2.78. The number of rotatable bonds is 10. The number of nitrogens with one attached hydrogen (secondary N) is 1. The number of aromatic nitrogens is 1. The molecule has 3 rings (SSSR count). The van der Waals surface area contributed by atoms with Gasteiger partial charge in [-0.15, -0.1) is 0 Å². The number of benzene rings is 2. The van der Waals surface area contributed by atoms with Crippen molar-refractivity contribution in [3.8, 4) is 17.2 Å². The zero-order valence-electron chi connectivity index (χ0n) is 16.7. The first-order chi connectivity index (χ1) is 14.7. The fraction of sp³-hybridized carbons (Fsp3) is 0.217. The molecule has 1 N–H and O–H groups in total. The molecule has 0 aliphatic carbocycles. The number of esters is 1. The van der Waals surface area contributed by atoms with Crippen LogP contribution in [0.2, 0.25) is 0 Å². The Morgan fingerprint density at radius 2 is 1.53 bits per heavy atom. The van der Waals surface area contributed by atoms with Gasteiger partial charge < -0.3 is 24.1 Å². The summed E-state index contributed by atoms with van der Waals surface area (Å²) in [7, 11) is 0. The Labute approximate surface area is 175 Å². The molecule has 0 saturated carbocycles.